The number of anilines is 1. The van der Waals surface area contributed by atoms with Gasteiger partial charge in [0.1, 0.15) is 4.75 Å². The summed E-state index contributed by atoms with van der Waals surface area (Å²) in [5.74, 6) is 0.373. The Balaban J connectivity index is 2.10. The molecule has 1 heterocycles. The predicted molar refractivity (Wildman–Crippen MR) is 121 cm³/mol. The minimum atomic E-state index is -0.940. The molecule has 8 heteroatoms. The fourth-order valence-corrected chi connectivity index (χ4v) is 6.12. The summed E-state index contributed by atoms with van der Waals surface area (Å²) in [7, 11) is 0. The molecule has 1 aliphatic carbocycles. The third-order valence-electron chi connectivity index (χ3n) is 5.47. The van der Waals surface area contributed by atoms with E-state index < -0.39 is 10.7 Å². The first-order chi connectivity index (χ1) is 13.5. The Kier molecular flexibility index (Phi) is 8.40. The minimum absolute atomic E-state index is 0.0962. The number of aromatic nitrogens is 1. The van der Waals surface area contributed by atoms with Gasteiger partial charge >= 0.3 is 12.0 Å². The molecule has 1 aromatic rings. The van der Waals surface area contributed by atoms with Gasteiger partial charge in [0.25, 0.3) is 0 Å². The summed E-state index contributed by atoms with van der Waals surface area (Å²) < 4.78 is -0.161. The van der Waals surface area contributed by atoms with Crippen LogP contribution in [0.4, 0.5) is 9.93 Å². The third-order valence-corrected chi connectivity index (χ3v) is 7.67. The lowest BCUT2D eigenvalue weighted by atomic mass is 9.85. The maximum absolute atomic E-state index is 13.2. The van der Waals surface area contributed by atoms with E-state index in [1.807, 2.05) is 4.90 Å². The van der Waals surface area contributed by atoms with Gasteiger partial charge in [0.2, 0.25) is 0 Å². The average molecular weight is 442 g/mol. The highest BCUT2D eigenvalue weighted by atomic mass is 32.2. The highest BCUT2D eigenvalue weighted by molar-refractivity contribution is 8.03. The smallest absolute Gasteiger partial charge is 0.324 e. The molecule has 2 rings (SSSR count). The molecular formula is C21H35N3O3S2. The number of nitrogens with one attached hydrogen (secondary N) is 1. The van der Waals surface area contributed by atoms with E-state index >= 15 is 0 Å². The van der Waals surface area contributed by atoms with E-state index in [-0.39, 0.29) is 18.1 Å². The highest BCUT2D eigenvalue weighted by Crippen LogP contribution is 2.38. The van der Waals surface area contributed by atoms with Crippen LogP contribution in [0.15, 0.2) is 10.4 Å². The summed E-state index contributed by atoms with van der Waals surface area (Å²) in [6, 6.07) is 0.328. The zero-order valence-electron chi connectivity index (χ0n) is 18.4. The van der Waals surface area contributed by atoms with Crippen LogP contribution in [-0.2, 0) is 4.79 Å². The molecule has 0 bridgehead atoms. The van der Waals surface area contributed by atoms with Gasteiger partial charge < -0.3 is 10.0 Å². The Hall–Kier alpha value is -1.28. The maximum Gasteiger partial charge on any atom is 0.324 e. The molecule has 164 valence electrons. The van der Waals surface area contributed by atoms with Crippen molar-refractivity contribution in [3.8, 4) is 0 Å². The van der Waals surface area contributed by atoms with Crippen LogP contribution in [-0.4, -0.2) is 43.8 Å². The molecule has 0 aliphatic heterocycles. The molecule has 2 N–H and O–H groups in total. The second kappa shape index (κ2) is 10.2. The number of rotatable bonds is 8. The van der Waals surface area contributed by atoms with Crippen LogP contribution in [0.5, 0.6) is 0 Å². The monoisotopic (exact) mass is 441 g/mol. The normalized spacial score (nSPS) is 21.1. The summed E-state index contributed by atoms with van der Waals surface area (Å²) in [6.07, 6.45) is 7.01. The molecule has 1 atom stereocenters. The van der Waals surface area contributed by atoms with Crippen molar-refractivity contribution in [2.45, 2.75) is 94.7 Å². The topological polar surface area (TPSA) is 82.5 Å². The number of aliphatic carboxylic acids is 1. The Morgan fingerprint density at radius 1 is 1.31 bits per heavy atom. The van der Waals surface area contributed by atoms with Crippen molar-refractivity contribution in [3.63, 3.8) is 0 Å². The third kappa shape index (κ3) is 6.88. The molecule has 1 saturated carbocycles. The van der Waals surface area contributed by atoms with E-state index in [4.69, 9.17) is 0 Å². The molecule has 1 unspecified atom stereocenters. The number of urea groups is 1. The SMILES string of the molecule is CC(C)CC(C)N(C(=O)Nc1ncc(SC(C)(C)C(=O)O)s1)[C@H]1CC[C@H](C)CC1. The number of carbonyl (C=O) groups is 2. The molecule has 2 amide bonds. The number of thiazole rings is 1. The van der Waals surface area contributed by atoms with E-state index in [0.717, 1.165) is 42.2 Å². The highest BCUT2D eigenvalue weighted by Gasteiger charge is 2.32. The van der Waals surface area contributed by atoms with Crippen LogP contribution in [0.2, 0.25) is 0 Å². The van der Waals surface area contributed by atoms with Crippen LogP contribution in [0.25, 0.3) is 0 Å². The lowest BCUT2D eigenvalue weighted by Gasteiger charge is -2.40. The van der Waals surface area contributed by atoms with Gasteiger partial charge in [-0.05, 0) is 64.7 Å². The van der Waals surface area contributed by atoms with Gasteiger partial charge in [0, 0.05) is 12.1 Å². The molecule has 29 heavy (non-hydrogen) atoms. The van der Waals surface area contributed by atoms with Crippen LogP contribution in [0, 0.1) is 11.8 Å². The van der Waals surface area contributed by atoms with E-state index in [9.17, 15) is 14.7 Å². The number of nitrogens with zero attached hydrogens (tertiary/aromatic N) is 2. The second-order valence-electron chi connectivity index (χ2n) is 9.13. The van der Waals surface area contributed by atoms with Gasteiger partial charge in [0.05, 0.1) is 10.4 Å². The van der Waals surface area contributed by atoms with Gasteiger partial charge in [-0.15, -0.1) is 0 Å². The molecule has 1 aromatic heterocycles. The lowest BCUT2D eigenvalue weighted by molar-refractivity contribution is -0.138. The van der Waals surface area contributed by atoms with Gasteiger partial charge in [-0.2, -0.15) is 0 Å². The van der Waals surface area contributed by atoms with Crippen LogP contribution >= 0.6 is 23.1 Å². The quantitative estimate of drug-likeness (QED) is 0.487. The van der Waals surface area contributed by atoms with Gasteiger partial charge in [-0.25, -0.2) is 9.78 Å². The zero-order chi connectivity index (χ0) is 21.8. The van der Waals surface area contributed by atoms with Crippen molar-refractivity contribution in [1.82, 2.24) is 9.88 Å². The first kappa shape index (κ1) is 24.0. The summed E-state index contributed by atoms with van der Waals surface area (Å²) in [4.78, 5) is 30.9. The second-order valence-corrected chi connectivity index (χ2v) is 12.1. The standard InChI is InChI=1S/C21H35N3O3S2/c1-13(2)11-15(4)24(16-9-7-14(3)8-10-16)20(27)23-19-22-12-17(28-19)29-21(5,6)18(25)26/h12-16H,7-11H2,1-6H3,(H,25,26)(H,22,23,27)/t14-,15?,16-. The number of carbonyl (C=O) groups excluding carboxylic acids is 1. The number of hydrogen-bond donors (Lipinski definition) is 2. The van der Waals surface area contributed by atoms with Crippen molar-refractivity contribution in [2.75, 3.05) is 5.32 Å². The first-order valence-electron chi connectivity index (χ1n) is 10.5. The van der Waals surface area contributed by atoms with E-state index in [1.54, 1.807) is 20.0 Å². The fraction of sp³-hybridized carbons (Fsp3) is 0.762. The Labute approximate surface area is 182 Å². The molecule has 0 aromatic carbocycles. The van der Waals surface area contributed by atoms with Crippen LogP contribution in [0.3, 0.4) is 0 Å². The van der Waals surface area contributed by atoms with Crippen molar-refractivity contribution in [2.24, 2.45) is 11.8 Å². The van der Waals surface area contributed by atoms with Crippen LogP contribution in [0.1, 0.15) is 73.6 Å². The summed E-state index contributed by atoms with van der Waals surface area (Å²) >= 11 is 2.57. The van der Waals surface area contributed by atoms with Crippen molar-refractivity contribution in [1.29, 1.82) is 0 Å². The van der Waals surface area contributed by atoms with Gasteiger partial charge in [0.15, 0.2) is 5.13 Å². The number of carboxylic acid groups (broad SMARTS) is 1. The molecular weight excluding hydrogens is 406 g/mol. The van der Waals surface area contributed by atoms with Crippen molar-refractivity contribution in [3.05, 3.63) is 6.20 Å². The van der Waals surface area contributed by atoms with Gasteiger partial charge in [-0.3, -0.25) is 10.1 Å². The molecule has 0 spiro atoms. The number of hydrogen-bond acceptors (Lipinski definition) is 5. The first-order valence-corrected chi connectivity index (χ1v) is 12.1. The fourth-order valence-electron chi connectivity index (χ4n) is 3.86. The summed E-state index contributed by atoms with van der Waals surface area (Å²) in [5.41, 5.74) is 0. The Morgan fingerprint density at radius 3 is 2.48 bits per heavy atom. The van der Waals surface area contributed by atoms with E-state index in [0.29, 0.717) is 11.0 Å². The minimum Gasteiger partial charge on any atom is -0.480 e. The predicted octanol–water partition coefficient (Wildman–Crippen LogP) is 5.95. The summed E-state index contributed by atoms with van der Waals surface area (Å²) in [6.45, 7) is 12.1. The summed E-state index contributed by atoms with van der Waals surface area (Å²) in [5, 5.41) is 12.8. The molecule has 1 fully saturated rings. The van der Waals surface area contributed by atoms with Crippen molar-refractivity contribution >= 4 is 40.2 Å². The Morgan fingerprint density at radius 2 is 1.93 bits per heavy atom. The molecule has 1 aliphatic rings. The van der Waals surface area contributed by atoms with Crippen LogP contribution < -0.4 is 5.32 Å². The Bertz CT molecular complexity index is 697. The largest absolute Gasteiger partial charge is 0.480 e. The molecule has 0 radical (unpaired) electrons. The average Bonchev–Trinajstić information content (AvgIpc) is 3.02. The van der Waals surface area contributed by atoms with E-state index in [2.05, 4.69) is 38.0 Å². The number of amides is 2. The van der Waals surface area contributed by atoms with Crippen molar-refractivity contribution < 1.29 is 14.7 Å². The zero-order valence-corrected chi connectivity index (χ0v) is 20.0. The number of thioether (sulfide) groups is 1. The molecule has 6 nitrogen and oxygen atoms in total. The lowest BCUT2D eigenvalue weighted by Crippen LogP contribution is -2.49. The maximum atomic E-state index is 13.2. The molecule has 0 saturated heterocycles. The number of carboxylic acids is 1. The van der Waals surface area contributed by atoms with E-state index in [1.165, 1.54) is 23.1 Å². The van der Waals surface area contributed by atoms with Gasteiger partial charge in [-0.1, -0.05) is 43.9 Å².